The van der Waals surface area contributed by atoms with Gasteiger partial charge in [-0.2, -0.15) is 0 Å². The van der Waals surface area contributed by atoms with E-state index in [-0.39, 0.29) is 11.0 Å². The number of fused-ring (bicyclic) bond motifs is 1. The van der Waals surface area contributed by atoms with Gasteiger partial charge < -0.3 is 5.32 Å². The maximum atomic E-state index is 14.3. The van der Waals surface area contributed by atoms with Gasteiger partial charge in [-0.1, -0.05) is 26.8 Å². The predicted octanol–water partition coefficient (Wildman–Crippen LogP) is 4.67. The van der Waals surface area contributed by atoms with Gasteiger partial charge in [0.05, 0.1) is 17.8 Å². The van der Waals surface area contributed by atoms with Crippen LogP contribution < -0.4 is 10.0 Å². The van der Waals surface area contributed by atoms with Crippen molar-refractivity contribution in [1.29, 1.82) is 0 Å². The Morgan fingerprint density at radius 3 is 2.22 bits per heavy atom. The molecule has 0 aliphatic carbocycles. The van der Waals surface area contributed by atoms with Gasteiger partial charge in [-0.3, -0.25) is 14.5 Å². The van der Waals surface area contributed by atoms with Crippen molar-refractivity contribution in [1.82, 2.24) is 10.3 Å². The highest BCUT2D eigenvalue weighted by atomic mass is 32.2. The highest BCUT2D eigenvalue weighted by Crippen LogP contribution is 2.26. The molecule has 9 heteroatoms. The van der Waals surface area contributed by atoms with Gasteiger partial charge in [0.2, 0.25) is 10.0 Å². The van der Waals surface area contributed by atoms with Crippen molar-refractivity contribution in [3.63, 3.8) is 0 Å². The Balaban J connectivity index is 1.81. The molecular weight excluding hydrogens is 436 g/mol. The minimum absolute atomic E-state index is 0.101. The summed E-state index contributed by atoms with van der Waals surface area (Å²) in [5.41, 5.74) is 1.38. The van der Waals surface area contributed by atoms with Crippen LogP contribution in [0.25, 0.3) is 10.9 Å². The Bertz CT molecular complexity index is 1280. The molecule has 0 bridgehead atoms. The van der Waals surface area contributed by atoms with E-state index in [0.29, 0.717) is 5.56 Å². The van der Waals surface area contributed by atoms with E-state index in [0.717, 1.165) is 35.0 Å². The van der Waals surface area contributed by atoms with Gasteiger partial charge in [0.25, 0.3) is 5.91 Å². The molecule has 6 nitrogen and oxygen atoms in total. The van der Waals surface area contributed by atoms with Crippen LogP contribution >= 0.6 is 0 Å². The molecule has 3 rings (SSSR count). The van der Waals surface area contributed by atoms with Gasteiger partial charge in [-0.05, 0) is 48.9 Å². The lowest BCUT2D eigenvalue weighted by molar-refractivity contribution is 0.0940. The van der Waals surface area contributed by atoms with E-state index in [1.165, 1.54) is 0 Å². The lowest BCUT2D eigenvalue weighted by atomic mass is 9.91. The fourth-order valence-electron chi connectivity index (χ4n) is 3.17. The second-order valence-electron chi connectivity index (χ2n) is 8.78. The van der Waals surface area contributed by atoms with Crippen LogP contribution in [-0.4, -0.2) is 25.6 Å². The summed E-state index contributed by atoms with van der Waals surface area (Å²) in [5.74, 6) is -2.56. The molecule has 0 aliphatic rings. The first-order chi connectivity index (χ1) is 14.7. The number of rotatable bonds is 5. The van der Waals surface area contributed by atoms with E-state index < -0.39 is 39.3 Å². The zero-order valence-electron chi connectivity index (χ0n) is 18.5. The Labute approximate surface area is 186 Å². The van der Waals surface area contributed by atoms with Crippen LogP contribution in [0, 0.1) is 11.6 Å². The highest BCUT2D eigenvalue weighted by Gasteiger charge is 2.20. The summed E-state index contributed by atoms with van der Waals surface area (Å²) in [5, 5.41) is 3.50. The first kappa shape index (κ1) is 23.6. The molecule has 0 saturated carbocycles. The molecule has 0 unspecified atom stereocenters. The molecule has 0 spiro atoms. The molecular formula is C23H25F2N3O3S. The number of hydrogen-bond acceptors (Lipinski definition) is 4. The van der Waals surface area contributed by atoms with E-state index in [9.17, 15) is 22.0 Å². The summed E-state index contributed by atoms with van der Waals surface area (Å²) in [6.45, 7) is 7.79. The number of amides is 1. The summed E-state index contributed by atoms with van der Waals surface area (Å²) in [6, 6.07) is 10.2. The van der Waals surface area contributed by atoms with Crippen LogP contribution in [0.4, 0.5) is 14.5 Å². The molecule has 0 saturated heterocycles. The van der Waals surface area contributed by atoms with Crippen LogP contribution in [0.3, 0.4) is 0 Å². The Hall–Kier alpha value is -3.07. The number of aromatic nitrogens is 1. The third-order valence-corrected chi connectivity index (χ3v) is 5.49. The summed E-state index contributed by atoms with van der Waals surface area (Å²) < 4.78 is 52.9. The number of anilines is 1. The molecule has 1 atom stereocenters. The van der Waals surface area contributed by atoms with Crippen molar-refractivity contribution >= 4 is 32.5 Å². The van der Waals surface area contributed by atoms with Crippen molar-refractivity contribution in [3.05, 3.63) is 70.9 Å². The molecule has 3 aromatic rings. The molecule has 2 aromatic carbocycles. The fraction of sp³-hybridized carbons (Fsp3) is 0.304. The molecule has 1 aromatic heterocycles. The van der Waals surface area contributed by atoms with Crippen LogP contribution in [0.2, 0.25) is 0 Å². The number of carbonyl (C=O) groups is 1. The average molecular weight is 462 g/mol. The number of benzene rings is 2. The minimum atomic E-state index is -3.84. The van der Waals surface area contributed by atoms with Crippen molar-refractivity contribution in [2.45, 2.75) is 39.2 Å². The number of carbonyl (C=O) groups excluding carboxylic acids is 1. The van der Waals surface area contributed by atoms with Crippen molar-refractivity contribution in [3.8, 4) is 0 Å². The number of nitrogens with zero attached hydrogens (tertiary/aromatic N) is 1. The lowest BCUT2D eigenvalue weighted by Crippen LogP contribution is -2.27. The van der Waals surface area contributed by atoms with Crippen LogP contribution in [0.1, 0.15) is 55.4 Å². The smallest absolute Gasteiger partial charge is 0.251 e. The maximum absolute atomic E-state index is 14.3. The maximum Gasteiger partial charge on any atom is 0.251 e. The average Bonchev–Trinajstić information content (AvgIpc) is 2.68. The van der Waals surface area contributed by atoms with Gasteiger partial charge in [0.1, 0.15) is 5.69 Å². The normalized spacial score (nSPS) is 13.1. The van der Waals surface area contributed by atoms with Gasteiger partial charge in [0, 0.05) is 22.1 Å². The Kier molecular flexibility index (Phi) is 6.24. The topological polar surface area (TPSA) is 88.2 Å². The second kappa shape index (κ2) is 8.46. The highest BCUT2D eigenvalue weighted by molar-refractivity contribution is 7.92. The summed E-state index contributed by atoms with van der Waals surface area (Å²) in [6.07, 6.45) is 0.797. The van der Waals surface area contributed by atoms with E-state index >= 15 is 0 Å². The second-order valence-corrected chi connectivity index (χ2v) is 10.5. The summed E-state index contributed by atoms with van der Waals surface area (Å²) in [4.78, 5) is 17.4. The molecule has 2 N–H and O–H groups in total. The number of nitrogens with one attached hydrogen (secondary N) is 2. The van der Waals surface area contributed by atoms with Gasteiger partial charge in [0.15, 0.2) is 11.6 Å². The molecule has 1 amide bonds. The first-order valence-corrected chi connectivity index (χ1v) is 11.8. The quantitative estimate of drug-likeness (QED) is 0.578. The van der Waals surface area contributed by atoms with Crippen molar-refractivity contribution < 1.29 is 22.0 Å². The number of pyridine rings is 1. The summed E-state index contributed by atoms with van der Waals surface area (Å²) >= 11 is 0. The molecule has 0 radical (unpaired) electrons. The Morgan fingerprint density at radius 2 is 1.66 bits per heavy atom. The fourth-order valence-corrected chi connectivity index (χ4v) is 3.74. The monoisotopic (exact) mass is 461 g/mol. The van der Waals surface area contributed by atoms with E-state index in [1.807, 2.05) is 16.9 Å². The van der Waals surface area contributed by atoms with E-state index in [1.54, 1.807) is 25.1 Å². The molecule has 1 heterocycles. The summed E-state index contributed by atoms with van der Waals surface area (Å²) in [7, 11) is -3.84. The number of sulfonamides is 1. The largest absolute Gasteiger partial charge is 0.346 e. The van der Waals surface area contributed by atoms with E-state index in [4.69, 9.17) is 0 Å². The van der Waals surface area contributed by atoms with Gasteiger partial charge >= 0.3 is 0 Å². The SMILES string of the molecule is C[C@H](NC(=O)c1ccc2nc(C(C)(C)C)ccc2c1)c1cc(F)c(NS(C)(=O)=O)c(F)c1. The number of hydrogen-bond donors (Lipinski definition) is 2. The van der Waals surface area contributed by atoms with Gasteiger partial charge in [-0.25, -0.2) is 17.2 Å². The molecule has 170 valence electrons. The third-order valence-electron chi connectivity index (χ3n) is 4.92. The molecule has 0 fully saturated rings. The van der Waals surface area contributed by atoms with E-state index in [2.05, 4.69) is 31.1 Å². The lowest BCUT2D eigenvalue weighted by Gasteiger charge is -2.18. The van der Waals surface area contributed by atoms with Crippen molar-refractivity contribution in [2.24, 2.45) is 0 Å². The molecule has 32 heavy (non-hydrogen) atoms. The third kappa shape index (κ3) is 5.40. The minimum Gasteiger partial charge on any atom is -0.346 e. The van der Waals surface area contributed by atoms with Gasteiger partial charge in [-0.15, -0.1) is 0 Å². The van der Waals surface area contributed by atoms with Crippen LogP contribution in [-0.2, 0) is 15.4 Å². The van der Waals surface area contributed by atoms with Crippen LogP contribution in [0.5, 0.6) is 0 Å². The number of halogens is 2. The predicted molar refractivity (Wildman–Crippen MR) is 121 cm³/mol. The first-order valence-electron chi connectivity index (χ1n) is 9.93. The standard InChI is InChI=1S/C23H25F2N3O3S/c1-13(16-11-17(24)21(18(25)12-16)28-32(5,30)31)26-22(29)15-6-8-19-14(10-15)7-9-20(27-19)23(2,3)4/h6-13,28H,1-5H3,(H,26,29)/t13-/m0/s1. The molecule has 0 aliphatic heterocycles. The van der Waals surface area contributed by atoms with Crippen LogP contribution in [0.15, 0.2) is 42.5 Å². The zero-order chi connectivity index (χ0) is 23.8. The zero-order valence-corrected chi connectivity index (χ0v) is 19.3. The Morgan fingerprint density at radius 1 is 1.03 bits per heavy atom. The van der Waals surface area contributed by atoms with Crippen molar-refractivity contribution in [2.75, 3.05) is 11.0 Å².